The molecule has 0 radical (unpaired) electrons. The summed E-state index contributed by atoms with van der Waals surface area (Å²) >= 11 is 1.75. The first-order valence-electron chi connectivity index (χ1n) is 7.96. The molecule has 3 nitrogen and oxygen atoms in total. The lowest BCUT2D eigenvalue weighted by molar-refractivity contribution is 0.362. The fraction of sp³-hybridized carbons (Fsp3) is 0.529. The van der Waals surface area contributed by atoms with Crippen molar-refractivity contribution in [1.82, 2.24) is 9.55 Å². The SMILES string of the molecule is Cc1csc(=Nc2cccnc2)n1C1CCCCCCC1. The molecule has 2 aromatic heterocycles. The van der Waals surface area contributed by atoms with Gasteiger partial charge in [-0.3, -0.25) is 4.98 Å². The molecule has 0 N–H and O–H groups in total. The molecule has 0 atom stereocenters. The van der Waals surface area contributed by atoms with E-state index in [0.717, 1.165) is 10.5 Å². The molecular weight excluding hydrogens is 278 g/mol. The van der Waals surface area contributed by atoms with Gasteiger partial charge in [0.25, 0.3) is 0 Å². The van der Waals surface area contributed by atoms with Crippen LogP contribution in [0.15, 0.2) is 34.9 Å². The smallest absolute Gasteiger partial charge is 0.190 e. The Hall–Kier alpha value is -1.42. The molecule has 1 fully saturated rings. The standard InChI is InChI=1S/C17H23N3S/c1-14-13-21-17(19-15-8-7-11-18-12-15)20(14)16-9-5-3-2-4-6-10-16/h7-8,11-13,16H,2-6,9-10H2,1H3. The maximum atomic E-state index is 4.81. The molecule has 3 rings (SSSR count). The molecule has 112 valence electrons. The number of aromatic nitrogens is 2. The van der Waals surface area contributed by atoms with E-state index in [1.807, 2.05) is 18.3 Å². The van der Waals surface area contributed by atoms with Gasteiger partial charge in [-0.25, -0.2) is 4.99 Å². The van der Waals surface area contributed by atoms with Crippen LogP contribution in [-0.2, 0) is 0 Å². The molecule has 1 aliphatic rings. The summed E-state index contributed by atoms with van der Waals surface area (Å²) in [6, 6.07) is 4.58. The molecule has 1 aliphatic carbocycles. The Labute approximate surface area is 130 Å². The third-order valence-corrected chi connectivity index (χ3v) is 5.19. The summed E-state index contributed by atoms with van der Waals surface area (Å²) in [5.41, 5.74) is 2.28. The summed E-state index contributed by atoms with van der Waals surface area (Å²) < 4.78 is 2.46. The monoisotopic (exact) mass is 301 g/mol. The van der Waals surface area contributed by atoms with Crippen molar-refractivity contribution in [3.8, 4) is 0 Å². The summed E-state index contributed by atoms with van der Waals surface area (Å²) in [6.45, 7) is 2.21. The van der Waals surface area contributed by atoms with Gasteiger partial charge in [0.2, 0.25) is 0 Å². The van der Waals surface area contributed by atoms with Crippen molar-refractivity contribution in [3.05, 3.63) is 40.4 Å². The first-order valence-corrected chi connectivity index (χ1v) is 8.84. The van der Waals surface area contributed by atoms with E-state index in [2.05, 4.69) is 21.9 Å². The quantitative estimate of drug-likeness (QED) is 0.785. The number of thiazole rings is 1. The minimum Gasteiger partial charge on any atom is -0.318 e. The van der Waals surface area contributed by atoms with Crippen LogP contribution in [0, 0.1) is 6.92 Å². The lowest BCUT2D eigenvalue weighted by Gasteiger charge is -2.22. The van der Waals surface area contributed by atoms with Crippen molar-refractivity contribution in [2.75, 3.05) is 0 Å². The normalized spacial score (nSPS) is 18.4. The highest BCUT2D eigenvalue weighted by Gasteiger charge is 2.16. The van der Waals surface area contributed by atoms with Gasteiger partial charge in [-0.2, -0.15) is 0 Å². The fourth-order valence-corrected chi connectivity index (χ4v) is 4.10. The zero-order chi connectivity index (χ0) is 14.5. The topological polar surface area (TPSA) is 30.2 Å². The van der Waals surface area contributed by atoms with E-state index in [0.29, 0.717) is 6.04 Å². The maximum Gasteiger partial charge on any atom is 0.190 e. The van der Waals surface area contributed by atoms with Crippen LogP contribution >= 0.6 is 11.3 Å². The minimum absolute atomic E-state index is 0.618. The zero-order valence-corrected chi connectivity index (χ0v) is 13.5. The van der Waals surface area contributed by atoms with Gasteiger partial charge in [-0.1, -0.05) is 32.1 Å². The van der Waals surface area contributed by atoms with Crippen molar-refractivity contribution < 1.29 is 0 Å². The van der Waals surface area contributed by atoms with Crippen LogP contribution in [0.3, 0.4) is 0 Å². The first kappa shape index (κ1) is 14.5. The van der Waals surface area contributed by atoms with E-state index >= 15 is 0 Å². The number of aryl methyl sites for hydroxylation is 1. The number of hydrogen-bond acceptors (Lipinski definition) is 3. The second-order valence-corrected chi connectivity index (χ2v) is 6.69. The van der Waals surface area contributed by atoms with Gasteiger partial charge in [0.1, 0.15) is 0 Å². The van der Waals surface area contributed by atoms with Gasteiger partial charge in [-0.15, -0.1) is 11.3 Å². The third kappa shape index (κ3) is 3.62. The number of hydrogen-bond donors (Lipinski definition) is 0. The van der Waals surface area contributed by atoms with E-state index < -0.39 is 0 Å². The lowest BCUT2D eigenvalue weighted by atomic mass is 9.96. The summed E-state index contributed by atoms with van der Waals surface area (Å²) in [7, 11) is 0. The van der Waals surface area contributed by atoms with Gasteiger partial charge in [0, 0.05) is 23.3 Å². The van der Waals surface area contributed by atoms with Crippen LogP contribution in [0.2, 0.25) is 0 Å². The first-order chi connectivity index (χ1) is 10.3. The Morgan fingerprint density at radius 1 is 1.19 bits per heavy atom. The van der Waals surface area contributed by atoms with E-state index in [-0.39, 0.29) is 0 Å². The molecule has 0 unspecified atom stereocenters. The second kappa shape index (κ2) is 7.03. The molecule has 21 heavy (non-hydrogen) atoms. The van der Waals surface area contributed by atoms with Crippen molar-refractivity contribution in [3.63, 3.8) is 0 Å². The summed E-state index contributed by atoms with van der Waals surface area (Å²) in [5, 5.41) is 2.23. The van der Waals surface area contributed by atoms with Gasteiger partial charge >= 0.3 is 0 Å². The highest BCUT2D eigenvalue weighted by atomic mass is 32.1. The highest BCUT2D eigenvalue weighted by Crippen LogP contribution is 2.27. The Balaban J connectivity index is 1.94. The highest BCUT2D eigenvalue weighted by molar-refractivity contribution is 7.07. The average molecular weight is 301 g/mol. The summed E-state index contributed by atoms with van der Waals surface area (Å²) in [4.78, 5) is 10.1. The average Bonchev–Trinajstić information content (AvgIpc) is 2.81. The van der Waals surface area contributed by atoms with E-state index in [1.54, 1.807) is 17.5 Å². The fourth-order valence-electron chi connectivity index (χ4n) is 3.15. The van der Waals surface area contributed by atoms with E-state index in [1.165, 1.54) is 50.6 Å². The van der Waals surface area contributed by atoms with Crippen LogP contribution in [0.25, 0.3) is 0 Å². The summed E-state index contributed by atoms with van der Waals surface area (Å²) in [5.74, 6) is 0. The molecule has 2 aromatic rings. The van der Waals surface area contributed by atoms with E-state index in [4.69, 9.17) is 4.99 Å². The lowest BCUT2D eigenvalue weighted by Crippen LogP contribution is -2.22. The molecule has 0 aromatic carbocycles. The predicted octanol–water partition coefficient (Wildman–Crippen LogP) is 4.77. The van der Waals surface area contributed by atoms with Crippen molar-refractivity contribution in [2.24, 2.45) is 4.99 Å². The van der Waals surface area contributed by atoms with Crippen LogP contribution in [0.5, 0.6) is 0 Å². The number of rotatable bonds is 2. The third-order valence-electron chi connectivity index (χ3n) is 4.23. The molecule has 2 heterocycles. The largest absolute Gasteiger partial charge is 0.318 e. The number of pyridine rings is 1. The predicted molar refractivity (Wildman–Crippen MR) is 87.9 cm³/mol. The van der Waals surface area contributed by atoms with Gasteiger partial charge in [-0.05, 0) is 31.9 Å². The second-order valence-electron chi connectivity index (χ2n) is 5.85. The van der Waals surface area contributed by atoms with Crippen LogP contribution in [-0.4, -0.2) is 9.55 Å². The minimum atomic E-state index is 0.618. The Morgan fingerprint density at radius 3 is 2.67 bits per heavy atom. The van der Waals surface area contributed by atoms with Crippen LogP contribution in [0.4, 0.5) is 5.69 Å². The van der Waals surface area contributed by atoms with Gasteiger partial charge < -0.3 is 4.57 Å². The summed E-state index contributed by atoms with van der Waals surface area (Å²) in [6.07, 6.45) is 13.1. The number of nitrogens with zero attached hydrogens (tertiary/aromatic N) is 3. The van der Waals surface area contributed by atoms with Crippen molar-refractivity contribution in [2.45, 2.75) is 57.9 Å². The molecule has 0 saturated heterocycles. The van der Waals surface area contributed by atoms with Crippen molar-refractivity contribution in [1.29, 1.82) is 0 Å². The Bertz CT molecular complexity index is 619. The Morgan fingerprint density at radius 2 is 1.95 bits per heavy atom. The Kier molecular flexibility index (Phi) is 4.86. The van der Waals surface area contributed by atoms with E-state index in [9.17, 15) is 0 Å². The zero-order valence-electron chi connectivity index (χ0n) is 12.7. The molecule has 0 spiro atoms. The van der Waals surface area contributed by atoms with Crippen molar-refractivity contribution >= 4 is 17.0 Å². The van der Waals surface area contributed by atoms with Crippen LogP contribution < -0.4 is 4.80 Å². The molecule has 0 aliphatic heterocycles. The van der Waals surface area contributed by atoms with Crippen LogP contribution in [0.1, 0.15) is 56.7 Å². The maximum absolute atomic E-state index is 4.81. The molecule has 0 amide bonds. The molecule has 4 heteroatoms. The molecule has 1 saturated carbocycles. The molecular formula is C17H23N3S. The van der Waals surface area contributed by atoms with Gasteiger partial charge in [0.05, 0.1) is 11.9 Å². The van der Waals surface area contributed by atoms with Gasteiger partial charge in [0.15, 0.2) is 4.80 Å². The molecule has 0 bridgehead atoms.